The fourth-order valence-corrected chi connectivity index (χ4v) is 3.29. The number of halogens is 1. The maximum atomic E-state index is 12.0. The highest BCUT2D eigenvalue weighted by Gasteiger charge is 2.08. The minimum atomic E-state index is 0.0639. The second-order valence-corrected chi connectivity index (χ2v) is 6.43. The van der Waals surface area contributed by atoms with Crippen LogP contribution in [0.3, 0.4) is 0 Å². The molecule has 0 atom stereocenters. The minimum Gasteiger partial charge on any atom is -0.351 e. The summed E-state index contributed by atoms with van der Waals surface area (Å²) in [5.74, 6) is 0.0639. The molecule has 19 heavy (non-hydrogen) atoms. The van der Waals surface area contributed by atoms with Crippen LogP contribution in [-0.2, 0) is 17.8 Å². The minimum absolute atomic E-state index is 0.0639. The van der Waals surface area contributed by atoms with Gasteiger partial charge < -0.3 is 5.32 Å². The van der Waals surface area contributed by atoms with Gasteiger partial charge in [-0.05, 0) is 52.4 Å². The number of nitrogens with one attached hydrogen (secondary N) is 1. The van der Waals surface area contributed by atoms with Crippen LogP contribution in [0.2, 0.25) is 0 Å². The Labute approximate surface area is 126 Å². The van der Waals surface area contributed by atoms with Crippen LogP contribution in [0.15, 0.2) is 34.1 Å². The van der Waals surface area contributed by atoms with E-state index in [0.717, 1.165) is 20.5 Å². The second-order valence-electron chi connectivity index (χ2n) is 4.58. The van der Waals surface area contributed by atoms with Gasteiger partial charge in [-0.2, -0.15) is 0 Å². The second kappa shape index (κ2) is 6.35. The molecule has 0 aliphatic rings. The van der Waals surface area contributed by atoms with E-state index < -0.39 is 0 Å². The number of rotatable bonds is 4. The summed E-state index contributed by atoms with van der Waals surface area (Å²) < 4.78 is 1.06. The van der Waals surface area contributed by atoms with Gasteiger partial charge in [-0.1, -0.05) is 23.8 Å². The molecule has 1 heterocycles. The Morgan fingerprint density at radius 3 is 2.79 bits per heavy atom. The molecule has 100 valence electrons. The first kappa shape index (κ1) is 14.3. The van der Waals surface area contributed by atoms with Gasteiger partial charge in [-0.25, -0.2) is 0 Å². The summed E-state index contributed by atoms with van der Waals surface area (Å²) in [4.78, 5) is 13.1. The molecule has 1 amide bonds. The van der Waals surface area contributed by atoms with Gasteiger partial charge in [0.05, 0.1) is 13.0 Å². The van der Waals surface area contributed by atoms with Crippen molar-refractivity contribution >= 4 is 33.2 Å². The van der Waals surface area contributed by atoms with Gasteiger partial charge in [0, 0.05) is 9.35 Å². The molecule has 0 aliphatic heterocycles. The summed E-state index contributed by atoms with van der Waals surface area (Å²) in [7, 11) is 0. The third-order valence-corrected chi connectivity index (χ3v) is 4.92. The summed E-state index contributed by atoms with van der Waals surface area (Å²) in [6.07, 6.45) is 0.441. The SMILES string of the molecule is Cc1ccc(C)c(CC(=O)NCc2sccc2Br)c1. The van der Waals surface area contributed by atoms with Crippen molar-refractivity contribution in [2.45, 2.75) is 26.8 Å². The van der Waals surface area contributed by atoms with E-state index in [2.05, 4.69) is 39.4 Å². The highest BCUT2D eigenvalue weighted by atomic mass is 79.9. The molecule has 0 spiro atoms. The lowest BCUT2D eigenvalue weighted by Gasteiger charge is -2.08. The molecule has 2 aromatic rings. The Kier molecular flexibility index (Phi) is 4.77. The van der Waals surface area contributed by atoms with E-state index in [1.165, 1.54) is 5.56 Å². The molecule has 2 nitrogen and oxygen atoms in total. The van der Waals surface area contributed by atoms with Gasteiger partial charge in [0.2, 0.25) is 5.91 Å². The monoisotopic (exact) mass is 337 g/mol. The fraction of sp³-hybridized carbons (Fsp3) is 0.267. The van der Waals surface area contributed by atoms with Crippen molar-refractivity contribution in [3.05, 3.63) is 55.7 Å². The predicted octanol–water partition coefficient (Wildman–Crippen LogP) is 3.99. The van der Waals surface area contributed by atoms with Crippen molar-refractivity contribution in [2.24, 2.45) is 0 Å². The van der Waals surface area contributed by atoms with E-state index in [4.69, 9.17) is 0 Å². The van der Waals surface area contributed by atoms with E-state index in [1.54, 1.807) is 11.3 Å². The molecule has 0 bridgehead atoms. The lowest BCUT2D eigenvalue weighted by atomic mass is 10.0. The van der Waals surface area contributed by atoms with E-state index in [9.17, 15) is 4.79 Å². The normalized spacial score (nSPS) is 10.5. The number of carbonyl (C=O) groups excluding carboxylic acids is 1. The molecule has 1 N–H and O–H groups in total. The molecule has 0 saturated heterocycles. The van der Waals surface area contributed by atoms with Crippen molar-refractivity contribution in [3.8, 4) is 0 Å². The van der Waals surface area contributed by atoms with Crippen LogP contribution in [0.25, 0.3) is 0 Å². The molecule has 0 aliphatic carbocycles. The smallest absolute Gasteiger partial charge is 0.224 e. The number of benzene rings is 1. The van der Waals surface area contributed by atoms with Crippen molar-refractivity contribution in [1.82, 2.24) is 5.32 Å². The number of hydrogen-bond donors (Lipinski definition) is 1. The van der Waals surface area contributed by atoms with Crippen LogP contribution < -0.4 is 5.32 Å². The Hall–Kier alpha value is -1.13. The van der Waals surface area contributed by atoms with Crippen molar-refractivity contribution in [2.75, 3.05) is 0 Å². The zero-order chi connectivity index (χ0) is 13.8. The van der Waals surface area contributed by atoms with E-state index in [0.29, 0.717) is 13.0 Å². The molecule has 0 radical (unpaired) electrons. The third kappa shape index (κ3) is 3.91. The predicted molar refractivity (Wildman–Crippen MR) is 83.5 cm³/mol. The lowest BCUT2D eigenvalue weighted by molar-refractivity contribution is -0.120. The molecule has 1 aromatic carbocycles. The largest absolute Gasteiger partial charge is 0.351 e. The highest BCUT2D eigenvalue weighted by Crippen LogP contribution is 2.22. The van der Waals surface area contributed by atoms with Crippen LogP contribution in [0, 0.1) is 13.8 Å². The summed E-state index contributed by atoms with van der Waals surface area (Å²) in [6.45, 7) is 4.67. The molecule has 1 aromatic heterocycles. The lowest BCUT2D eigenvalue weighted by Crippen LogP contribution is -2.24. The Balaban J connectivity index is 1.94. The van der Waals surface area contributed by atoms with Crippen molar-refractivity contribution in [1.29, 1.82) is 0 Å². The topological polar surface area (TPSA) is 29.1 Å². The first-order valence-electron chi connectivity index (χ1n) is 6.11. The number of aryl methyl sites for hydroxylation is 2. The number of amides is 1. The standard InChI is InChI=1S/C15H16BrNOS/c1-10-3-4-11(2)12(7-10)8-15(18)17-9-14-13(16)5-6-19-14/h3-7H,8-9H2,1-2H3,(H,17,18). The van der Waals surface area contributed by atoms with Gasteiger partial charge in [0.15, 0.2) is 0 Å². The summed E-state index contributed by atoms with van der Waals surface area (Å²) in [6, 6.07) is 8.21. The van der Waals surface area contributed by atoms with Crippen LogP contribution >= 0.6 is 27.3 Å². The Morgan fingerprint density at radius 1 is 1.32 bits per heavy atom. The average Bonchev–Trinajstić information content (AvgIpc) is 2.77. The molecule has 0 saturated carbocycles. The maximum Gasteiger partial charge on any atom is 0.224 e. The van der Waals surface area contributed by atoms with Crippen LogP contribution in [0.1, 0.15) is 21.6 Å². The van der Waals surface area contributed by atoms with Crippen molar-refractivity contribution < 1.29 is 4.79 Å². The number of carbonyl (C=O) groups is 1. The van der Waals surface area contributed by atoms with Gasteiger partial charge in [-0.15, -0.1) is 11.3 Å². The van der Waals surface area contributed by atoms with Crippen LogP contribution in [0.5, 0.6) is 0 Å². The van der Waals surface area contributed by atoms with Crippen LogP contribution in [-0.4, -0.2) is 5.91 Å². The average molecular weight is 338 g/mol. The molecule has 4 heteroatoms. The number of thiophene rings is 1. The fourth-order valence-electron chi connectivity index (χ4n) is 1.86. The van der Waals surface area contributed by atoms with E-state index >= 15 is 0 Å². The van der Waals surface area contributed by atoms with Crippen molar-refractivity contribution in [3.63, 3.8) is 0 Å². The highest BCUT2D eigenvalue weighted by molar-refractivity contribution is 9.10. The zero-order valence-corrected chi connectivity index (χ0v) is 13.4. The van der Waals surface area contributed by atoms with E-state index in [-0.39, 0.29) is 5.91 Å². The summed E-state index contributed by atoms with van der Waals surface area (Å²) in [5.41, 5.74) is 3.45. The zero-order valence-electron chi connectivity index (χ0n) is 11.0. The van der Waals surface area contributed by atoms with E-state index in [1.807, 2.05) is 25.3 Å². The number of hydrogen-bond acceptors (Lipinski definition) is 2. The quantitative estimate of drug-likeness (QED) is 0.897. The van der Waals surface area contributed by atoms with Gasteiger partial charge in [0.25, 0.3) is 0 Å². The molecular formula is C15H16BrNOS. The molecular weight excluding hydrogens is 322 g/mol. The summed E-state index contributed by atoms with van der Waals surface area (Å²) in [5, 5.41) is 4.97. The molecule has 0 fully saturated rings. The first-order chi connectivity index (χ1) is 9.06. The first-order valence-corrected chi connectivity index (χ1v) is 7.78. The Morgan fingerprint density at radius 2 is 2.11 bits per heavy atom. The van der Waals surface area contributed by atoms with Gasteiger partial charge >= 0.3 is 0 Å². The molecule has 0 unspecified atom stereocenters. The van der Waals surface area contributed by atoms with Gasteiger partial charge in [-0.3, -0.25) is 4.79 Å². The van der Waals surface area contributed by atoms with Crippen LogP contribution in [0.4, 0.5) is 0 Å². The summed E-state index contributed by atoms with van der Waals surface area (Å²) >= 11 is 5.11. The third-order valence-electron chi connectivity index (χ3n) is 2.99. The van der Waals surface area contributed by atoms with Gasteiger partial charge in [0.1, 0.15) is 0 Å². The maximum absolute atomic E-state index is 12.0. The molecule has 2 rings (SSSR count). The Bertz CT molecular complexity index is 592.